The van der Waals surface area contributed by atoms with Crippen molar-refractivity contribution in [3.8, 4) is 67.5 Å². The highest BCUT2D eigenvalue weighted by molar-refractivity contribution is 6.11. The lowest BCUT2D eigenvalue weighted by Crippen LogP contribution is -1.94. The van der Waals surface area contributed by atoms with Crippen LogP contribution in [-0.4, -0.2) is 19.9 Å². The smallest absolute Gasteiger partial charge is 0.231 e. The van der Waals surface area contributed by atoms with E-state index < -0.39 is 0 Å². The van der Waals surface area contributed by atoms with E-state index in [0.717, 1.165) is 88.6 Å². The van der Waals surface area contributed by atoms with E-state index in [1.807, 2.05) is 97.1 Å². The zero-order chi connectivity index (χ0) is 37.0. The van der Waals surface area contributed by atoms with Gasteiger partial charge in [-0.25, -0.2) is 9.97 Å². The summed E-state index contributed by atoms with van der Waals surface area (Å²) < 4.78 is 12.5. The molecule has 0 amide bonds. The molecule has 11 aromatic rings. The van der Waals surface area contributed by atoms with Crippen LogP contribution in [0.15, 0.2) is 191 Å². The van der Waals surface area contributed by atoms with E-state index in [4.69, 9.17) is 28.8 Å². The molecule has 0 aliphatic heterocycles. The normalized spacial score (nSPS) is 11.6. The van der Waals surface area contributed by atoms with Crippen LogP contribution in [0.4, 0.5) is 0 Å². The molecule has 0 N–H and O–H groups in total. The van der Waals surface area contributed by atoms with Gasteiger partial charge in [-0.05, 0) is 34.4 Å². The van der Waals surface area contributed by atoms with E-state index in [9.17, 15) is 0 Å². The summed E-state index contributed by atoms with van der Waals surface area (Å²) in [6, 6.07) is 62.0. The Morgan fingerprint density at radius 2 is 0.589 bits per heavy atom. The molecule has 7 aromatic carbocycles. The standard InChI is InChI=1S/C50H30N4O2/c1-3-11-37(12-4-1)47-51-45(43-39-15-7-9-17-41(39)55-49(43)53-47)35-27-23-33(24-28-35)31-19-21-32(22-20-31)34-25-29-36(30-26-34)46-44-40-16-8-10-18-42(40)56-50(44)54-48(52-46)38-13-5-2-6-14-38/h1-30H. The van der Waals surface area contributed by atoms with Crippen molar-refractivity contribution in [3.63, 3.8) is 0 Å². The maximum Gasteiger partial charge on any atom is 0.231 e. The molecule has 6 heteroatoms. The van der Waals surface area contributed by atoms with Crippen molar-refractivity contribution >= 4 is 44.1 Å². The summed E-state index contributed by atoms with van der Waals surface area (Å²) in [6.45, 7) is 0. The Hall–Kier alpha value is -7.70. The number of para-hydroxylation sites is 2. The molecule has 56 heavy (non-hydrogen) atoms. The van der Waals surface area contributed by atoms with Crippen LogP contribution in [0.3, 0.4) is 0 Å². The molecule has 0 atom stereocenters. The van der Waals surface area contributed by atoms with Crippen molar-refractivity contribution in [2.24, 2.45) is 0 Å². The second-order valence-corrected chi connectivity index (χ2v) is 13.8. The first-order valence-electron chi connectivity index (χ1n) is 18.5. The number of nitrogens with zero attached hydrogens (tertiary/aromatic N) is 4. The molecule has 0 fully saturated rings. The Morgan fingerprint density at radius 1 is 0.268 bits per heavy atom. The number of hydrogen-bond acceptors (Lipinski definition) is 6. The highest BCUT2D eigenvalue weighted by atomic mass is 16.3. The van der Waals surface area contributed by atoms with Crippen LogP contribution >= 0.6 is 0 Å². The second kappa shape index (κ2) is 13.0. The predicted molar refractivity (Wildman–Crippen MR) is 225 cm³/mol. The predicted octanol–water partition coefficient (Wildman–Crippen LogP) is 13.1. The molecule has 0 spiro atoms. The molecular formula is C50H30N4O2. The van der Waals surface area contributed by atoms with E-state index in [1.165, 1.54) is 0 Å². The van der Waals surface area contributed by atoms with Gasteiger partial charge in [0.15, 0.2) is 11.6 Å². The summed E-state index contributed by atoms with van der Waals surface area (Å²) in [6.07, 6.45) is 0. The molecule has 0 aliphatic carbocycles. The molecule has 0 bridgehead atoms. The highest BCUT2D eigenvalue weighted by Crippen LogP contribution is 2.39. The molecular weight excluding hydrogens is 689 g/mol. The number of aromatic nitrogens is 4. The van der Waals surface area contributed by atoms with Crippen LogP contribution in [0.2, 0.25) is 0 Å². The van der Waals surface area contributed by atoms with Gasteiger partial charge in [0.25, 0.3) is 0 Å². The quantitative estimate of drug-likeness (QED) is 0.170. The largest absolute Gasteiger partial charge is 0.438 e. The van der Waals surface area contributed by atoms with Crippen LogP contribution in [-0.2, 0) is 0 Å². The molecule has 0 aliphatic rings. The summed E-state index contributed by atoms with van der Waals surface area (Å²) in [4.78, 5) is 19.9. The van der Waals surface area contributed by atoms with Gasteiger partial charge < -0.3 is 8.83 Å². The maximum absolute atomic E-state index is 6.24. The number of hydrogen-bond donors (Lipinski definition) is 0. The number of benzene rings is 7. The van der Waals surface area contributed by atoms with Crippen LogP contribution in [0.1, 0.15) is 0 Å². The first-order valence-corrected chi connectivity index (χ1v) is 18.5. The minimum atomic E-state index is 0.583. The first kappa shape index (κ1) is 31.8. The summed E-state index contributed by atoms with van der Waals surface area (Å²) in [5.41, 5.74) is 12.9. The van der Waals surface area contributed by atoms with Crippen molar-refractivity contribution in [3.05, 3.63) is 182 Å². The van der Waals surface area contributed by atoms with E-state index in [2.05, 4.69) is 84.9 Å². The van der Waals surface area contributed by atoms with Gasteiger partial charge in [0, 0.05) is 33.0 Å². The third-order valence-corrected chi connectivity index (χ3v) is 10.4. The number of fused-ring (bicyclic) bond motifs is 6. The zero-order valence-corrected chi connectivity index (χ0v) is 29.9. The highest BCUT2D eigenvalue weighted by Gasteiger charge is 2.20. The van der Waals surface area contributed by atoms with Gasteiger partial charge in [0.05, 0.1) is 22.2 Å². The fraction of sp³-hybridized carbons (Fsp3) is 0. The molecule has 262 valence electrons. The summed E-state index contributed by atoms with van der Waals surface area (Å²) >= 11 is 0. The van der Waals surface area contributed by atoms with Gasteiger partial charge in [-0.3, -0.25) is 0 Å². The molecule has 0 radical (unpaired) electrons. The van der Waals surface area contributed by atoms with Crippen molar-refractivity contribution < 1.29 is 8.83 Å². The number of rotatable bonds is 6. The van der Waals surface area contributed by atoms with Gasteiger partial charge in [-0.2, -0.15) is 9.97 Å². The van der Waals surface area contributed by atoms with Crippen molar-refractivity contribution in [1.29, 1.82) is 0 Å². The first-order chi connectivity index (χ1) is 27.7. The lowest BCUT2D eigenvalue weighted by Gasteiger charge is -2.10. The Labute approximate surface area is 321 Å². The van der Waals surface area contributed by atoms with Crippen LogP contribution in [0.25, 0.3) is 112 Å². The molecule has 11 rings (SSSR count). The van der Waals surface area contributed by atoms with E-state index in [-0.39, 0.29) is 0 Å². The van der Waals surface area contributed by atoms with Crippen LogP contribution in [0, 0.1) is 0 Å². The van der Waals surface area contributed by atoms with Crippen molar-refractivity contribution in [2.45, 2.75) is 0 Å². The number of furan rings is 2. The minimum Gasteiger partial charge on any atom is -0.438 e. The molecule has 4 aromatic heterocycles. The van der Waals surface area contributed by atoms with Crippen LogP contribution in [0.5, 0.6) is 0 Å². The molecule has 6 nitrogen and oxygen atoms in total. The van der Waals surface area contributed by atoms with Crippen molar-refractivity contribution in [2.75, 3.05) is 0 Å². The zero-order valence-electron chi connectivity index (χ0n) is 29.9. The van der Waals surface area contributed by atoms with Gasteiger partial charge in [0.1, 0.15) is 11.2 Å². The van der Waals surface area contributed by atoms with E-state index in [0.29, 0.717) is 23.1 Å². The van der Waals surface area contributed by atoms with Gasteiger partial charge >= 0.3 is 0 Å². The SMILES string of the molecule is c1ccc(-c2nc(-c3ccc(-c4ccc(-c5ccc(-c6nc(-c7ccccc7)nc7oc8ccccc8c67)cc5)cc4)cc3)c3c(n2)oc2ccccc23)cc1. The maximum atomic E-state index is 6.24. The fourth-order valence-corrected chi connectivity index (χ4v) is 7.59. The molecule has 4 heterocycles. The van der Waals surface area contributed by atoms with Gasteiger partial charge in [-0.1, -0.05) is 170 Å². The van der Waals surface area contributed by atoms with Gasteiger partial charge in [0.2, 0.25) is 11.4 Å². The average molecular weight is 719 g/mol. The third-order valence-electron chi connectivity index (χ3n) is 10.4. The van der Waals surface area contributed by atoms with Gasteiger partial charge in [-0.15, -0.1) is 0 Å². The lowest BCUT2D eigenvalue weighted by atomic mass is 9.97. The van der Waals surface area contributed by atoms with E-state index in [1.54, 1.807) is 0 Å². The Balaban J connectivity index is 0.911. The second-order valence-electron chi connectivity index (χ2n) is 13.8. The fourth-order valence-electron chi connectivity index (χ4n) is 7.59. The Morgan fingerprint density at radius 3 is 0.964 bits per heavy atom. The minimum absolute atomic E-state index is 0.583. The Bertz CT molecular complexity index is 2990. The molecule has 0 unspecified atom stereocenters. The molecule has 0 saturated heterocycles. The Kier molecular flexibility index (Phi) is 7.38. The lowest BCUT2D eigenvalue weighted by molar-refractivity contribution is 0.653. The summed E-state index contributed by atoms with van der Waals surface area (Å²) in [5.74, 6) is 1.27. The monoisotopic (exact) mass is 718 g/mol. The van der Waals surface area contributed by atoms with Crippen LogP contribution < -0.4 is 0 Å². The summed E-state index contributed by atoms with van der Waals surface area (Å²) in [7, 11) is 0. The van der Waals surface area contributed by atoms with E-state index >= 15 is 0 Å². The average Bonchev–Trinajstić information content (AvgIpc) is 3.85. The third kappa shape index (κ3) is 5.43. The van der Waals surface area contributed by atoms with Crippen molar-refractivity contribution in [1.82, 2.24) is 19.9 Å². The molecule has 0 saturated carbocycles. The summed E-state index contributed by atoms with van der Waals surface area (Å²) in [5, 5.41) is 3.84. The topological polar surface area (TPSA) is 77.8 Å².